The van der Waals surface area contributed by atoms with E-state index in [1.165, 1.54) is 20.3 Å². The van der Waals surface area contributed by atoms with Crippen LogP contribution in [0.5, 0.6) is 11.5 Å². The van der Waals surface area contributed by atoms with Crippen molar-refractivity contribution in [2.24, 2.45) is 0 Å². The minimum Gasteiger partial charge on any atom is -0.493 e. The van der Waals surface area contributed by atoms with Crippen LogP contribution in [-0.2, 0) is 14.9 Å². The Morgan fingerprint density at radius 2 is 2.08 bits per heavy atom. The molecule has 1 atom stereocenters. The molecule has 7 nitrogen and oxygen atoms in total. The zero-order chi connectivity index (χ0) is 18.4. The Morgan fingerprint density at radius 1 is 1.32 bits per heavy atom. The van der Waals surface area contributed by atoms with Gasteiger partial charge in [-0.05, 0) is 24.1 Å². The minimum atomic E-state index is -1.11. The number of hydrogen-bond donors (Lipinski definition) is 0. The molecule has 1 aliphatic rings. The first-order valence-electron chi connectivity index (χ1n) is 7.78. The Morgan fingerprint density at radius 3 is 2.68 bits per heavy atom. The van der Waals surface area contributed by atoms with Crippen molar-refractivity contribution >= 4 is 11.9 Å². The van der Waals surface area contributed by atoms with Crippen LogP contribution in [0.3, 0.4) is 0 Å². The molecule has 1 aliphatic carbocycles. The summed E-state index contributed by atoms with van der Waals surface area (Å²) < 4.78 is 16.0. The van der Waals surface area contributed by atoms with E-state index in [0.717, 1.165) is 5.56 Å². The lowest BCUT2D eigenvalue weighted by atomic mass is 9.67. The molecule has 1 aromatic rings. The molecule has 134 valence electrons. The van der Waals surface area contributed by atoms with Gasteiger partial charge < -0.3 is 14.2 Å². The Hall–Kier alpha value is -2.67. The van der Waals surface area contributed by atoms with E-state index in [-0.39, 0.29) is 32.0 Å². The van der Waals surface area contributed by atoms with Crippen LogP contribution in [0.2, 0.25) is 0 Å². The number of allylic oxidation sites excluding steroid dienone is 2. The zero-order valence-corrected chi connectivity index (χ0v) is 14.3. The smallest absolute Gasteiger partial charge is 0.205 e. The number of carbonyl (C=O) groups is 1. The Kier molecular flexibility index (Phi) is 5.93. The van der Waals surface area contributed by atoms with Crippen molar-refractivity contribution in [2.45, 2.75) is 18.3 Å². The molecule has 0 heterocycles. The highest BCUT2D eigenvalue weighted by molar-refractivity contribution is 6.06. The molecule has 25 heavy (non-hydrogen) atoms. The maximum atomic E-state index is 12.8. The van der Waals surface area contributed by atoms with Crippen molar-refractivity contribution in [2.75, 3.05) is 27.6 Å². The van der Waals surface area contributed by atoms with E-state index in [0.29, 0.717) is 17.1 Å². The van der Waals surface area contributed by atoms with E-state index in [1.807, 2.05) is 0 Å². The molecule has 0 spiro atoms. The fourth-order valence-corrected chi connectivity index (χ4v) is 3.16. The summed E-state index contributed by atoms with van der Waals surface area (Å²) in [6.07, 6.45) is 5.04. The highest BCUT2D eigenvalue weighted by Crippen LogP contribution is 2.48. The van der Waals surface area contributed by atoms with Crippen molar-refractivity contribution < 1.29 is 23.9 Å². The first kappa shape index (κ1) is 18.7. The first-order valence-corrected chi connectivity index (χ1v) is 7.78. The van der Waals surface area contributed by atoms with Gasteiger partial charge in [0.2, 0.25) is 6.54 Å². The van der Waals surface area contributed by atoms with E-state index in [2.05, 4.69) is 6.58 Å². The lowest BCUT2D eigenvalue weighted by molar-refractivity contribution is -0.481. The summed E-state index contributed by atoms with van der Waals surface area (Å²) in [7, 11) is 2.98. The van der Waals surface area contributed by atoms with Crippen LogP contribution in [0.1, 0.15) is 24.0 Å². The average Bonchev–Trinajstić information content (AvgIpc) is 2.60. The number of methoxy groups -OCH3 is 2. The number of carbonyl (C=O) groups excluding carboxylic acids is 1. The maximum absolute atomic E-state index is 12.8. The number of ether oxygens (including phenoxy) is 3. The molecule has 1 aromatic carbocycles. The maximum Gasteiger partial charge on any atom is 0.205 e. The van der Waals surface area contributed by atoms with Crippen molar-refractivity contribution in [3.63, 3.8) is 0 Å². The molecule has 0 unspecified atom stereocenters. The van der Waals surface area contributed by atoms with Gasteiger partial charge in [-0.15, -0.1) is 6.58 Å². The first-order chi connectivity index (χ1) is 12.0. The van der Waals surface area contributed by atoms with Gasteiger partial charge in [-0.2, -0.15) is 0 Å². The molecule has 0 N–H and O–H groups in total. The average molecular weight is 347 g/mol. The van der Waals surface area contributed by atoms with Gasteiger partial charge in [-0.1, -0.05) is 18.2 Å². The molecule has 0 amide bonds. The zero-order valence-electron chi connectivity index (χ0n) is 14.3. The summed E-state index contributed by atoms with van der Waals surface area (Å²) in [5.41, 5.74) is 0.228. The molecule has 7 heteroatoms. The monoisotopic (exact) mass is 347 g/mol. The van der Waals surface area contributed by atoms with Gasteiger partial charge in [0, 0.05) is 24.0 Å². The Bertz CT molecular complexity index is 712. The second kappa shape index (κ2) is 7.94. The molecule has 2 rings (SSSR count). The lowest BCUT2D eigenvalue weighted by Crippen LogP contribution is -2.39. The number of rotatable bonds is 9. The van der Waals surface area contributed by atoms with Gasteiger partial charge in [0.1, 0.15) is 0 Å². The third-order valence-corrected chi connectivity index (χ3v) is 4.27. The quantitative estimate of drug-likeness (QED) is 0.295. The van der Waals surface area contributed by atoms with E-state index >= 15 is 0 Å². The highest BCUT2D eigenvalue weighted by atomic mass is 16.7. The van der Waals surface area contributed by atoms with E-state index < -0.39 is 10.3 Å². The summed E-state index contributed by atoms with van der Waals surface area (Å²) in [6.45, 7) is 3.35. The third kappa shape index (κ3) is 3.56. The van der Waals surface area contributed by atoms with E-state index in [4.69, 9.17) is 14.2 Å². The molecule has 0 aromatic heterocycles. The van der Waals surface area contributed by atoms with Crippen LogP contribution in [0.4, 0.5) is 0 Å². The van der Waals surface area contributed by atoms with Crippen molar-refractivity contribution in [3.8, 4) is 11.5 Å². The number of fused-ring (bicyclic) bond motifs is 1. The molecule has 0 radical (unpaired) electrons. The predicted molar refractivity (Wildman–Crippen MR) is 92.5 cm³/mol. The molecular weight excluding hydrogens is 326 g/mol. The molecule has 0 saturated carbocycles. The summed E-state index contributed by atoms with van der Waals surface area (Å²) in [4.78, 5) is 23.4. The molecule has 0 saturated heterocycles. The number of benzene rings is 1. The summed E-state index contributed by atoms with van der Waals surface area (Å²) in [5, 5.41) is 11.0. The van der Waals surface area contributed by atoms with Crippen LogP contribution in [-0.4, -0.2) is 38.3 Å². The van der Waals surface area contributed by atoms with Crippen LogP contribution in [0.15, 0.2) is 30.9 Å². The molecular formula is C18H21NO6. The molecule has 0 aliphatic heterocycles. The van der Waals surface area contributed by atoms with Crippen molar-refractivity contribution in [1.82, 2.24) is 0 Å². The Labute approximate surface area is 146 Å². The SMILES string of the molecule is C=CC[C@]1(CC[N+](=O)[O-])C(=O)C=Cc2ccc(OC)c(OCOC)c21. The number of hydrogen-bond acceptors (Lipinski definition) is 6. The number of nitrogens with zero attached hydrogens (tertiary/aromatic N) is 1. The Balaban J connectivity index is 2.70. The third-order valence-electron chi connectivity index (χ3n) is 4.27. The second-order valence-electron chi connectivity index (χ2n) is 5.69. The van der Waals surface area contributed by atoms with Crippen LogP contribution in [0.25, 0.3) is 6.08 Å². The second-order valence-corrected chi connectivity index (χ2v) is 5.69. The summed E-state index contributed by atoms with van der Waals surface area (Å²) >= 11 is 0. The van der Waals surface area contributed by atoms with Gasteiger partial charge in [0.25, 0.3) is 0 Å². The van der Waals surface area contributed by atoms with E-state index in [1.54, 1.807) is 24.3 Å². The summed E-state index contributed by atoms with van der Waals surface area (Å²) in [5.74, 6) is 0.593. The van der Waals surface area contributed by atoms with Crippen molar-refractivity contribution in [1.29, 1.82) is 0 Å². The van der Waals surface area contributed by atoms with Gasteiger partial charge in [-0.25, -0.2) is 0 Å². The molecule has 0 fully saturated rings. The normalized spacial score (nSPS) is 18.6. The molecule has 0 bridgehead atoms. The fourth-order valence-electron chi connectivity index (χ4n) is 3.16. The van der Waals surface area contributed by atoms with E-state index in [9.17, 15) is 14.9 Å². The lowest BCUT2D eigenvalue weighted by Gasteiger charge is -2.35. The number of ketones is 1. The van der Waals surface area contributed by atoms with Crippen LogP contribution < -0.4 is 9.47 Å². The van der Waals surface area contributed by atoms with Gasteiger partial charge in [-0.3, -0.25) is 14.9 Å². The van der Waals surface area contributed by atoms with Crippen molar-refractivity contribution in [3.05, 3.63) is 52.1 Å². The standard InChI is InChI=1S/C18H21NO6/c1-4-9-18(10-11-19(21)22)15(20)8-6-13-5-7-14(24-3)17(16(13)18)25-12-23-2/h4-8H,1,9-12H2,2-3H3/t18-/m0/s1. The van der Waals surface area contributed by atoms with Crippen LogP contribution >= 0.6 is 0 Å². The topological polar surface area (TPSA) is 87.9 Å². The highest BCUT2D eigenvalue weighted by Gasteiger charge is 2.45. The summed E-state index contributed by atoms with van der Waals surface area (Å²) in [6, 6.07) is 3.54. The number of nitro groups is 1. The predicted octanol–water partition coefficient (Wildman–Crippen LogP) is 2.75. The van der Waals surface area contributed by atoms with Gasteiger partial charge in [0.05, 0.1) is 12.5 Å². The van der Waals surface area contributed by atoms with Gasteiger partial charge >= 0.3 is 0 Å². The fraction of sp³-hybridized carbons (Fsp3) is 0.389. The van der Waals surface area contributed by atoms with Crippen LogP contribution in [0, 0.1) is 10.1 Å². The van der Waals surface area contributed by atoms with Gasteiger partial charge in [0.15, 0.2) is 24.1 Å². The largest absolute Gasteiger partial charge is 0.493 e. The minimum absolute atomic E-state index is 0.0376.